The van der Waals surface area contributed by atoms with Crippen molar-refractivity contribution in [1.82, 2.24) is 9.80 Å². The van der Waals surface area contributed by atoms with Gasteiger partial charge in [0, 0.05) is 14.1 Å². The van der Waals surface area contributed by atoms with Crippen molar-refractivity contribution in [3.8, 4) is 0 Å². The molecule has 0 heterocycles. The first-order valence-electron chi connectivity index (χ1n) is 13.7. The van der Waals surface area contributed by atoms with Crippen LogP contribution in [0.25, 0.3) is 0 Å². The molecule has 6 nitrogen and oxygen atoms in total. The van der Waals surface area contributed by atoms with Gasteiger partial charge in [0.1, 0.15) is 0 Å². The van der Waals surface area contributed by atoms with E-state index in [1.54, 1.807) is 0 Å². The molecule has 2 N–H and O–H groups in total. The highest BCUT2D eigenvalue weighted by molar-refractivity contribution is 5.87. The normalized spacial score (nSPS) is 46.0. The summed E-state index contributed by atoms with van der Waals surface area (Å²) < 4.78 is 0. The van der Waals surface area contributed by atoms with E-state index in [0.29, 0.717) is 11.8 Å². The van der Waals surface area contributed by atoms with E-state index in [-0.39, 0.29) is 34.7 Å². The van der Waals surface area contributed by atoms with Gasteiger partial charge in [-0.05, 0) is 74.0 Å². The van der Waals surface area contributed by atoms with Gasteiger partial charge < -0.3 is 20.0 Å². The van der Waals surface area contributed by atoms with Gasteiger partial charge in [-0.2, -0.15) is 0 Å². The van der Waals surface area contributed by atoms with Crippen molar-refractivity contribution in [2.45, 2.75) is 116 Å². The molecule has 5 fully saturated rings. The number of hydrogen-bond acceptors (Lipinski definition) is 4. The van der Waals surface area contributed by atoms with Crippen LogP contribution in [0.15, 0.2) is 0 Å². The third-order valence-corrected chi connectivity index (χ3v) is 12.4. The lowest BCUT2D eigenvalue weighted by atomic mass is 9.66. The van der Waals surface area contributed by atoms with Crippen LogP contribution in [0.4, 0.5) is 0 Å². The average molecular weight is 475 g/mol. The second-order valence-electron chi connectivity index (χ2n) is 13.6. The molecule has 4 bridgehead atoms. The quantitative estimate of drug-likeness (QED) is 0.653. The zero-order valence-electron chi connectivity index (χ0n) is 22.1. The summed E-state index contributed by atoms with van der Waals surface area (Å²) in [6.45, 7) is 8.67. The fourth-order valence-corrected chi connectivity index (χ4v) is 9.83. The van der Waals surface area contributed by atoms with E-state index in [1.165, 1.54) is 0 Å². The number of carbonyl (C=O) groups excluding carboxylic acids is 2. The average Bonchev–Trinajstić information content (AvgIpc) is 3.36. The second-order valence-corrected chi connectivity index (χ2v) is 13.6. The van der Waals surface area contributed by atoms with Crippen LogP contribution in [0.2, 0.25) is 0 Å². The topological polar surface area (TPSA) is 81.1 Å². The van der Waals surface area contributed by atoms with Gasteiger partial charge in [0.15, 0.2) is 0 Å². The van der Waals surface area contributed by atoms with Crippen molar-refractivity contribution in [3.63, 3.8) is 0 Å². The minimum Gasteiger partial charge on any atom is -0.392 e. The molecule has 0 aromatic rings. The first-order chi connectivity index (χ1) is 15.8. The predicted molar refractivity (Wildman–Crippen MR) is 131 cm³/mol. The Bertz CT molecular complexity index is 800. The van der Waals surface area contributed by atoms with Crippen molar-refractivity contribution in [2.75, 3.05) is 14.1 Å². The number of likely N-dealkylation sites (N-methyl/N-ethyl adjacent to an activating group) is 2. The Morgan fingerprint density at radius 2 is 1.03 bits per heavy atom. The smallest absolute Gasteiger partial charge is 0.232 e. The molecule has 34 heavy (non-hydrogen) atoms. The molecule has 2 amide bonds. The summed E-state index contributed by atoms with van der Waals surface area (Å²) in [5, 5.41) is 22.1. The maximum Gasteiger partial charge on any atom is 0.232 e. The lowest BCUT2D eigenvalue weighted by Crippen LogP contribution is -2.62. The molecule has 6 heteroatoms. The first kappa shape index (κ1) is 24.5. The van der Waals surface area contributed by atoms with Gasteiger partial charge in [-0.3, -0.25) is 9.59 Å². The van der Waals surface area contributed by atoms with E-state index in [2.05, 4.69) is 27.7 Å². The van der Waals surface area contributed by atoms with Crippen LogP contribution in [0.1, 0.15) is 91.9 Å². The second kappa shape index (κ2) is 7.68. The van der Waals surface area contributed by atoms with Gasteiger partial charge in [0.2, 0.25) is 11.8 Å². The minimum absolute atomic E-state index is 0.0533. The Morgan fingerprint density at radius 1 is 0.676 bits per heavy atom. The summed E-state index contributed by atoms with van der Waals surface area (Å²) in [6.07, 6.45) is 7.64. The summed E-state index contributed by atoms with van der Waals surface area (Å²) >= 11 is 0. The third kappa shape index (κ3) is 2.76. The number of aliphatic hydroxyl groups is 2. The van der Waals surface area contributed by atoms with Crippen molar-refractivity contribution in [2.24, 2.45) is 33.5 Å². The highest BCUT2D eigenvalue weighted by atomic mass is 16.3. The summed E-state index contributed by atoms with van der Waals surface area (Å²) in [5.74, 6) is 0.935. The lowest BCUT2D eigenvalue weighted by molar-refractivity contribution is -0.164. The Kier molecular flexibility index (Phi) is 5.54. The largest absolute Gasteiger partial charge is 0.392 e. The molecule has 0 spiro atoms. The van der Waals surface area contributed by atoms with Crippen LogP contribution in [0, 0.1) is 33.5 Å². The maximum absolute atomic E-state index is 14.1. The molecule has 0 unspecified atom stereocenters. The summed E-state index contributed by atoms with van der Waals surface area (Å²) in [6, 6.07) is -0.107. The highest BCUT2D eigenvalue weighted by Crippen LogP contribution is 2.67. The van der Waals surface area contributed by atoms with Crippen LogP contribution in [-0.4, -0.2) is 70.2 Å². The molecule has 0 saturated heterocycles. The number of fused-ring (bicyclic) bond motifs is 4. The van der Waals surface area contributed by atoms with E-state index in [4.69, 9.17) is 0 Å². The Balaban J connectivity index is 1.42. The number of aliphatic hydroxyl groups excluding tert-OH is 2. The molecule has 5 aliphatic rings. The van der Waals surface area contributed by atoms with Crippen molar-refractivity contribution < 1.29 is 19.8 Å². The molecule has 8 atom stereocenters. The molecular formula is C28H46N2O4. The summed E-state index contributed by atoms with van der Waals surface area (Å²) in [5.41, 5.74) is -1.84. The maximum atomic E-state index is 14.1. The van der Waals surface area contributed by atoms with Gasteiger partial charge in [-0.25, -0.2) is 0 Å². The van der Waals surface area contributed by atoms with Crippen LogP contribution in [0.5, 0.6) is 0 Å². The molecule has 5 saturated carbocycles. The van der Waals surface area contributed by atoms with Crippen molar-refractivity contribution in [1.29, 1.82) is 0 Å². The Labute approximate surface area is 205 Å². The van der Waals surface area contributed by atoms with Gasteiger partial charge in [0.25, 0.3) is 0 Å². The molecular weight excluding hydrogens is 428 g/mol. The zero-order chi connectivity index (χ0) is 24.8. The zero-order valence-corrected chi connectivity index (χ0v) is 22.1. The third-order valence-electron chi connectivity index (χ3n) is 12.4. The number of hydrogen-bond donors (Lipinski definition) is 2. The van der Waals surface area contributed by atoms with E-state index in [1.807, 2.05) is 23.9 Å². The molecule has 0 aromatic carbocycles. The standard InChI is InChI=1S/C28H46N2O4/c1-25(2)17-11-13-27(25,21(31)15-17)23(33)29(5)19-9-7-8-10-20(19)30(6)24(34)28-14-12-18(16-22(28)32)26(28,3)4/h17-22,31-32H,7-16H2,1-6H3/t17-,18-,19-,20-,21-,22-,27+,28+/m1/s1. The molecule has 192 valence electrons. The van der Waals surface area contributed by atoms with E-state index < -0.39 is 23.0 Å². The summed E-state index contributed by atoms with van der Waals surface area (Å²) in [4.78, 5) is 32.1. The number of nitrogens with zero attached hydrogens (tertiary/aromatic N) is 2. The molecule has 5 aliphatic carbocycles. The highest BCUT2D eigenvalue weighted by Gasteiger charge is 2.70. The van der Waals surface area contributed by atoms with Gasteiger partial charge >= 0.3 is 0 Å². The lowest BCUT2D eigenvalue weighted by Gasteiger charge is -2.50. The van der Waals surface area contributed by atoms with Gasteiger partial charge in [-0.15, -0.1) is 0 Å². The van der Waals surface area contributed by atoms with Gasteiger partial charge in [0.05, 0.1) is 35.1 Å². The monoisotopic (exact) mass is 474 g/mol. The number of amides is 2. The fourth-order valence-electron chi connectivity index (χ4n) is 9.83. The molecule has 0 radical (unpaired) electrons. The van der Waals surface area contributed by atoms with E-state index >= 15 is 0 Å². The Morgan fingerprint density at radius 3 is 1.29 bits per heavy atom. The van der Waals surface area contributed by atoms with Gasteiger partial charge in [-0.1, -0.05) is 40.5 Å². The molecule has 0 aromatic heterocycles. The van der Waals surface area contributed by atoms with Crippen LogP contribution in [0.3, 0.4) is 0 Å². The first-order valence-corrected chi connectivity index (χ1v) is 13.7. The SMILES string of the molecule is CN(C(=O)[C@]12CC[C@H](C[C@H]1O)C2(C)C)[C@@H]1CCCC[C@H]1N(C)C(=O)[C@]12CC[C@H](C[C@H]1O)C2(C)C. The van der Waals surface area contributed by atoms with E-state index in [9.17, 15) is 19.8 Å². The van der Waals surface area contributed by atoms with Crippen molar-refractivity contribution in [3.05, 3.63) is 0 Å². The van der Waals surface area contributed by atoms with E-state index in [0.717, 1.165) is 64.2 Å². The number of carbonyl (C=O) groups is 2. The van der Waals surface area contributed by atoms with Crippen LogP contribution < -0.4 is 0 Å². The fraction of sp³-hybridized carbons (Fsp3) is 0.929. The van der Waals surface area contributed by atoms with Crippen LogP contribution >= 0.6 is 0 Å². The predicted octanol–water partition coefficient (Wildman–Crippen LogP) is 3.59. The van der Waals surface area contributed by atoms with Crippen LogP contribution in [-0.2, 0) is 9.59 Å². The molecule has 0 aliphatic heterocycles. The summed E-state index contributed by atoms with van der Waals surface area (Å²) in [7, 11) is 3.82. The minimum atomic E-state index is -0.710. The molecule has 5 rings (SSSR count). The Hall–Kier alpha value is -1.14. The van der Waals surface area contributed by atoms with Crippen molar-refractivity contribution >= 4 is 11.8 Å². The number of rotatable bonds is 4.